The highest BCUT2D eigenvalue weighted by molar-refractivity contribution is 6.01. The third kappa shape index (κ3) is 4.88. The van der Waals surface area contributed by atoms with Crippen molar-refractivity contribution in [3.63, 3.8) is 0 Å². The molecule has 0 aromatic heterocycles. The third-order valence-corrected chi connectivity index (χ3v) is 4.70. The van der Waals surface area contributed by atoms with E-state index in [4.69, 9.17) is 9.57 Å². The maximum Gasteiger partial charge on any atom is 0.222 e. The molecule has 142 valence electrons. The molecular weight excluding hydrogens is 340 g/mol. The van der Waals surface area contributed by atoms with E-state index in [1.807, 2.05) is 36.1 Å². The van der Waals surface area contributed by atoms with Crippen LogP contribution < -0.4 is 4.74 Å². The zero-order chi connectivity index (χ0) is 19.2. The monoisotopic (exact) mass is 366 g/mol. The molecular formula is C22H26N2O3. The number of carbonyl (C=O) groups excluding carboxylic acids is 1. The number of benzene rings is 2. The highest BCUT2D eigenvalue weighted by atomic mass is 16.6. The Morgan fingerprint density at radius 1 is 1.26 bits per heavy atom. The molecule has 1 aliphatic heterocycles. The molecule has 2 aromatic rings. The highest BCUT2D eigenvalue weighted by Crippen LogP contribution is 2.20. The van der Waals surface area contributed by atoms with E-state index in [2.05, 4.69) is 36.3 Å². The molecule has 0 saturated carbocycles. The third-order valence-electron chi connectivity index (χ3n) is 4.70. The zero-order valence-corrected chi connectivity index (χ0v) is 16.1. The fraction of sp³-hybridized carbons (Fsp3) is 0.364. The first-order valence-corrected chi connectivity index (χ1v) is 9.29. The van der Waals surface area contributed by atoms with Crippen molar-refractivity contribution in [2.24, 2.45) is 5.16 Å². The van der Waals surface area contributed by atoms with Gasteiger partial charge in [0.1, 0.15) is 5.75 Å². The second-order valence-electron chi connectivity index (χ2n) is 6.81. The fourth-order valence-corrected chi connectivity index (χ4v) is 3.16. The molecule has 1 amide bonds. The fourth-order valence-electron chi connectivity index (χ4n) is 3.16. The lowest BCUT2D eigenvalue weighted by Gasteiger charge is -2.24. The van der Waals surface area contributed by atoms with Crippen LogP contribution in [0.3, 0.4) is 0 Å². The molecule has 5 nitrogen and oxygen atoms in total. The predicted molar refractivity (Wildman–Crippen MR) is 106 cm³/mol. The second kappa shape index (κ2) is 8.71. The molecule has 0 N–H and O–H groups in total. The maximum absolute atomic E-state index is 12.4. The Labute approximate surface area is 160 Å². The number of ether oxygens (including phenoxy) is 1. The van der Waals surface area contributed by atoms with Gasteiger partial charge in [0.2, 0.25) is 5.91 Å². The van der Waals surface area contributed by atoms with Crippen molar-refractivity contribution in [1.82, 2.24) is 4.90 Å². The Morgan fingerprint density at radius 3 is 2.74 bits per heavy atom. The van der Waals surface area contributed by atoms with Crippen LogP contribution >= 0.6 is 0 Å². The van der Waals surface area contributed by atoms with Crippen LogP contribution in [-0.4, -0.2) is 36.3 Å². The van der Waals surface area contributed by atoms with Crippen molar-refractivity contribution in [2.75, 3.05) is 13.7 Å². The van der Waals surface area contributed by atoms with Crippen molar-refractivity contribution in [3.8, 4) is 5.75 Å². The van der Waals surface area contributed by atoms with Crippen LogP contribution in [0.4, 0.5) is 0 Å². The molecule has 1 aliphatic rings. The molecule has 27 heavy (non-hydrogen) atoms. The number of rotatable bonds is 7. The van der Waals surface area contributed by atoms with E-state index < -0.39 is 0 Å². The van der Waals surface area contributed by atoms with E-state index in [0.717, 1.165) is 22.6 Å². The smallest absolute Gasteiger partial charge is 0.222 e. The summed E-state index contributed by atoms with van der Waals surface area (Å²) >= 11 is 0. The summed E-state index contributed by atoms with van der Waals surface area (Å²) < 4.78 is 5.28. The van der Waals surface area contributed by atoms with Gasteiger partial charge in [-0.2, -0.15) is 0 Å². The van der Waals surface area contributed by atoms with Gasteiger partial charge in [-0.25, -0.2) is 0 Å². The number of amides is 1. The van der Waals surface area contributed by atoms with E-state index in [1.165, 1.54) is 5.56 Å². The van der Waals surface area contributed by atoms with Crippen LogP contribution in [0.1, 0.15) is 36.5 Å². The predicted octanol–water partition coefficient (Wildman–Crippen LogP) is 3.94. The summed E-state index contributed by atoms with van der Waals surface area (Å²) in [6.07, 6.45) is 1.04. The van der Waals surface area contributed by atoms with Crippen LogP contribution in [0.2, 0.25) is 0 Å². The molecule has 0 aliphatic carbocycles. The summed E-state index contributed by atoms with van der Waals surface area (Å²) in [5.41, 5.74) is 4.26. The Bertz CT molecular complexity index is 815. The van der Waals surface area contributed by atoms with Gasteiger partial charge < -0.3 is 14.5 Å². The van der Waals surface area contributed by atoms with Gasteiger partial charge in [0.15, 0.2) is 6.10 Å². The van der Waals surface area contributed by atoms with Crippen molar-refractivity contribution >= 4 is 11.6 Å². The summed E-state index contributed by atoms with van der Waals surface area (Å²) in [4.78, 5) is 19.9. The molecule has 0 radical (unpaired) electrons. The Balaban J connectivity index is 1.65. The minimum absolute atomic E-state index is 0.102. The van der Waals surface area contributed by atoms with E-state index in [1.54, 1.807) is 7.11 Å². The lowest BCUT2D eigenvalue weighted by molar-refractivity contribution is -0.133. The molecule has 0 spiro atoms. The summed E-state index contributed by atoms with van der Waals surface area (Å²) in [7, 11) is 1.64. The van der Waals surface area contributed by atoms with Crippen LogP contribution in [-0.2, 0) is 16.2 Å². The van der Waals surface area contributed by atoms with Crippen LogP contribution in [0.5, 0.6) is 5.75 Å². The number of oxime groups is 1. The average Bonchev–Trinajstić information content (AvgIpc) is 3.16. The van der Waals surface area contributed by atoms with Gasteiger partial charge in [-0.3, -0.25) is 4.79 Å². The van der Waals surface area contributed by atoms with Crippen LogP contribution in [0.15, 0.2) is 53.7 Å². The number of nitrogens with zero attached hydrogens (tertiary/aromatic N) is 2. The summed E-state index contributed by atoms with van der Waals surface area (Å²) in [6.45, 7) is 4.99. The van der Waals surface area contributed by atoms with E-state index in [-0.39, 0.29) is 12.0 Å². The minimum Gasteiger partial charge on any atom is -0.497 e. The number of carbonyl (C=O) groups is 1. The molecule has 0 bridgehead atoms. The van der Waals surface area contributed by atoms with Gasteiger partial charge in [-0.05, 0) is 30.2 Å². The number of aryl methyl sites for hydroxylation is 1. The number of hydrogen-bond donors (Lipinski definition) is 0. The van der Waals surface area contributed by atoms with Gasteiger partial charge in [0.05, 0.1) is 19.4 Å². The Kier molecular flexibility index (Phi) is 6.12. The second-order valence-corrected chi connectivity index (χ2v) is 6.81. The Morgan fingerprint density at radius 2 is 2.04 bits per heavy atom. The van der Waals surface area contributed by atoms with Gasteiger partial charge in [-0.15, -0.1) is 0 Å². The summed E-state index contributed by atoms with van der Waals surface area (Å²) in [5, 5.41) is 4.25. The lowest BCUT2D eigenvalue weighted by atomic mass is 10.0. The van der Waals surface area contributed by atoms with E-state index in [9.17, 15) is 4.79 Å². The average molecular weight is 366 g/mol. The van der Waals surface area contributed by atoms with E-state index in [0.29, 0.717) is 25.9 Å². The van der Waals surface area contributed by atoms with Crippen molar-refractivity contribution in [1.29, 1.82) is 0 Å². The first-order valence-electron chi connectivity index (χ1n) is 9.29. The zero-order valence-electron chi connectivity index (χ0n) is 16.1. The standard InChI is InChI=1S/C22H26N2O3/c1-4-22(25)24(14-17-6-5-7-19(12-17)26-3)15-20-13-21(23-27-20)18-10-8-16(2)9-11-18/h5-12,20H,4,13-15H2,1-3H3/t20-/m1/s1. The van der Waals surface area contributed by atoms with Crippen molar-refractivity contribution < 1.29 is 14.4 Å². The summed E-state index contributed by atoms with van der Waals surface area (Å²) in [6, 6.07) is 16.1. The molecule has 0 saturated heterocycles. The van der Waals surface area contributed by atoms with Gasteiger partial charge in [0, 0.05) is 19.4 Å². The molecule has 1 heterocycles. The van der Waals surface area contributed by atoms with Crippen LogP contribution in [0, 0.1) is 6.92 Å². The van der Waals surface area contributed by atoms with Gasteiger partial charge in [-0.1, -0.05) is 54.0 Å². The Hall–Kier alpha value is -2.82. The number of methoxy groups -OCH3 is 1. The summed E-state index contributed by atoms with van der Waals surface area (Å²) in [5.74, 6) is 0.892. The topological polar surface area (TPSA) is 51.1 Å². The normalized spacial score (nSPS) is 15.8. The van der Waals surface area contributed by atoms with Gasteiger partial charge in [0.25, 0.3) is 0 Å². The maximum atomic E-state index is 12.4. The largest absolute Gasteiger partial charge is 0.497 e. The van der Waals surface area contributed by atoms with Crippen molar-refractivity contribution in [3.05, 3.63) is 65.2 Å². The number of hydrogen-bond acceptors (Lipinski definition) is 4. The van der Waals surface area contributed by atoms with Crippen molar-refractivity contribution in [2.45, 2.75) is 39.3 Å². The molecule has 0 fully saturated rings. The lowest BCUT2D eigenvalue weighted by Crippen LogP contribution is -2.36. The first-order chi connectivity index (χ1) is 13.1. The first kappa shape index (κ1) is 19.0. The van der Waals surface area contributed by atoms with E-state index >= 15 is 0 Å². The highest BCUT2D eigenvalue weighted by Gasteiger charge is 2.26. The quantitative estimate of drug-likeness (QED) is 0.746. The molecule has 1 atom stereocenters. The molecule has 3 rings (SSSR count). The minimum atomic E-state index is -0.123. The molecule has 5 heteroatoms. The molecule has 2 aromatic carbocycles. The van der Waals surface area contributed by atoms with Gasteiger partial charge >= 0.3 is 0 Å². The SMILES string of the molecule is CCC(=O)N(Cc1cccc(OC)c1)C[C@H]1CC(c2ccc(C)cc2)=NO1. The molecule has 0 unspecified atom stereocenters. The van der Waals surface area contributed by atoms with Crippen LogP contribution in [0.25, 0.3) is 0 Å².